The number of halogens is 1. The fraction of sp³-hybridized carbons (Fsp3) is 0.514. The van der Waals surface area contributed by atoms with Crippen molar-refractivity contribution in [3.05, 3.63) is 76.9 Å². The molecule has 1 atom stereocenters. The number of anilines is 1. The van der Waals surface area contributed by atoms with Crippen molar-refractivity contribution < 1.29 is 28.5 Å². The standard InChI is InChI=1S/C37H49FN2O5/c1-24(2)44-23-30-32(27-11-15-29(16-12-27)43-22-17-26-9-13-28(38)14-10-26)33(40-20-18-37(7,8)19-21-40)31(25(3)39-30)34(35(41)42)45-36(4,5)6/h9-16,24,34H,17-23H2,1-8H3,(H,41,42)/t34-/m0/s1. The van der Waals surface area contributed by atoms with Crippen LogP contribution in [0.25, 0.3) is 11.1 Å². The van der Waals surface area contributed by atoms with Crippen LogP contribution in [0.3, 0.4) is 0 Å². The van der Waals surface area contributed by atoms with E-state index >= 15 is 0 Å². The first-order chi connectivity index (χ1) is 21.1. The minimum Gasteiger partial charge on any atom is -0.493 e. The zero-order valence-electron chi connectivity index (χ0n) is 28.1. The summed E-state index contributed by atoms with van der Waals surface area (Å²) in [6, 6.07) is 14.3. The van der Waals surface area contributed by atoms with E-state index < -0.39 is 17.7 Å². The lowest BCUT2D eigenvalue weighted by molar-refractivity contribution is -0.160. The van der Waals surface area contributed by atoms with E-state index in [9.17, 15) is 14.3 Å². The van der Waals surface area contributed by atoms with E-state index in [2.05, 4.69) is 18.7 Å². The Bertz CT molecular complexity index is 1440. The SMILES string of the molecule is Cc1nc(COC(C)C)c(-c2ccc(OCCc3ccc(F)cc3)cc2)c(N2CCC(C)(C)CC2)c1[C@H](OC(C)(C)C)C(=O)O. The number of aliphatic carboxylic acids is 1. The number of carboxylic acids is 1. The fourth-order valence-corrected chi connectivity index (χ4v) is 5.63. The van der Waals surface area contributed by atoms with Crippen LogP contribution in [0.4, 0.5) is 10.1 Å². The van der Waals surface area contributed by atoms with Gasteiger partial charge in [-0.25, -0.2) is 9.18 Å². The first-order valence-electron chi connectivity index (χ1n) is 15.9. The van der Waals surface area contributed by atoms with Gasteiger partial charge >= 0.3 is 5.97 Å². The molecule has 1 fully saturated rings. The maximum Gasteiger partial charge on any atom is 0.337 e. The maximum absolute atomic E-state index is 13.3. The highest BCUT2D eigenvalue weighted by molar-refractivity contribution is 5.88. The van der Waals surface area contributed by atoms with E-state index in [4.69, 9.17) is 19.2 Å². The molecule has 0 aliphatic carbocycles. The molecule has 0 saturated carbocycles. The molecule has 1 aliphatic heterocycles. The second-order valence-electron chi connectivity index (χ2n) is 14.0. The Morgan fingerprint density at radius 3 is 2.22 bits per heavy atom. The number of rotatable bonds is 12. The normalized spacial score (nSPS) is 15.7. The van der Waals surface area contributed by atoms with E-state index in [0.717, 1.165) is 54.0 Å². The van der Waals surface area contributed by atoms with Gasteiger partial charge in [-0.3, -0.25) is 4.98 Å². The molecular weight excluding hydrogens is 571 g/mol. The Balaban J connectivity index is 1.80. The van der Waals surface area contributed by atoms with Crippen LogP contribution in [0.1, 0.15) is 89.9 Å². The first-order valence-corrected chi connectivity index (χ1v) is 15.9. The molecule has 0 bridgehead atoms. The van der Waals surface area contributed by atoms with Gasteiger partial charge in [0.1, 0.15) is 11.6 Å². The van der Waals surface area contributed by atoms with Crippen LogP contribution < -0.4 is 9.64 Å². The van der Waals surface area contributed by atoms with E-state index in [-0.39, 0.29) is 23.9 Å². The molecule has 1 aromatic heterocycles. The van der Waals surface area contributed by atoms with Crippen molar-refractivity contribution in [2.45, 2.75) is 99.1 Å². The Hall–Kier alpha value is -3.49. The quantitative estimate of drug-likeness (QED) is 0.218. The third-order valence-corrected chi connectivity index (χ3v) is 8.13. The number of ether oxygens (including phenoxy) is 3. The number of aryl methyl sites for hydroxylation is 1. The van der Waals surface area contributed by atoms with Gasteiger partial charge in [-0.05, 0) is 95.2 Å². The third kappa shape index (κ3) is 9.27. The molecule has 0 spiro atoms. The number of aromatic nitrogens is 1. The topological polar surface area (TPSA) is 81.1 Å². The van der Waals surface area contributed by atoms with E-state index in [1.165, 1.54) is 12.1 Å². The summed E-state index contributed by atoms with van der Waals surface area (Å²) in [6.07, 6.45) is 1.40. The summed E-state index contributed by atoms with van der Waals surface area (Å²) in [5, 5.41) is 10.5. The molecule has 8 heteroatoms. The van der Waals surface area contributed by atoms with Crippen LogP contribution >= 0.6 is 0 Å². The van der Waals surface area contributed by atoms with Crippen molar-refractivity contribution in [1.29, 1.82) is 0 Å². The number of benzene rings is 2. The van der Waals surface area contributed by atoms with Gasteiger partial charge in [0.05, 0.1) is 36.3 Å². The molecule has 7 nitrogen and oxygen atoms in total. The monoisotopic (exact) mass is 620 g/mol. The predicted molar refractivity (Wildman–Crippen MR) is 176 cm³/mol. The predicted octanol–water partition coefficient (Wildman–Crippen LogP) is 8.31. The fourth-order valence-electron chi connectivity index (χ4n) is 5.63. The Kier molecular flexibility index (Phi) is 10.9. The Morgan fingerprint density at radius 1 is 1.04 bits per heavy atom. The zero-order valence-corrected chi connectivity index (χ0v) is 28.1. The lowest BCUT2D eigenvalue weighted by atomic mass is 9.81. The van der Waals surface area contributed by atoms with E-state index in [1.807, 2.05) is 65.8 Å². The number of piperidine rings is 1. The van der Waals surface area contributed by atoms with Gasteiger partial charge in [-0.15, -0.1) is 0 Å². The van der Waals surface area contributed by atoms with E-state index in [1.54, 1.807) is 12.1 Å². The highest BCUT2D eigenvalue weighted by Gasteiger charge is 2.37. The molecule has 4 rings (SSSR count). The van der Waals surface area contributed by atoms with Crippen LogP contribution in [0.2, 0.25) is 0 Å². The second kappa shape index (κ2) is 14.3. The Labute approximate surface area is 267 Å². The average molecular weight is 621 g/mol. The molecule has 0 amide bonds. The van der Waals surface area contributed by atoms with Gasteiger partial charge in [0.2, 0.25) is 0 Å². The number of carbonyl (C=O) groups is 1. The minimum atomic E-state index is -1.20. The van der Waals surface area contributed by atoms with Crippen molar-refractivity contribution in [1.82, 2.24) is 4.98 Å². The van der Waals surface area contributed by atoms with Crippen LogP contribution in [0.5, 0.6) is 5.75 Å². The van der Waals surface area contributed by atoms with Gasteiger partial charge in [0, 0.05) is 36.3 Å². The van der Waals surface area contributed by atoms with Crippen LogP contribution in [-0.2, 0) is 27.3 Å². The lowest BCUT2D eigenvalue weighted by Gasteiger charge is -2.41. The molecule has 3 aromatic rings. The number of carboxylic acid groups (broad SMARTS) is 1. The van der Waals surface area contributed by atoms with Gasteiger partial charge in [0.15, 0.2) is 6.10 Å². The lowest BCUT2D eigenvalue weighted by Crippen LogP contribution is -2.39. The largest absolute Gasteiger partial charge is 0.493 e. The molecule has 1 aliphatic rings. The molecule has 0 unspecified atom stereocenters. The highest BCUT2D eigenvalue weighted by Crippen LogP contribution is 2.45. The van der Waals surface area contributed by atoms with Gasteiger partial charge in [-0.2, -0.15) is 0 Å². The Morgan fingerprint density at radius 2 is 1.67 bits per heavy atom. The maximum atomic E-state index is 13.3. The molecule has 1 saturated heterocycles. The van der Waals surface area contributed by atoms with Crippen molar-refractivity contribution in [2.24, 2.45) is 5.41 Å². The summed E-state index contributed by atoms with van der Waals surface area (Å²) in [6.45, 7) is 18.3. The summed E-state index contributed by atoms with van der Waals surface area (Å²) in [5.41, 5.74) is 5.08. The summed E-state index contributed by atoms with van der Waals surface area (Å²) >= 11 is 0. The molecule has 0 radical (unpaired) electrons. The molecule has 1 N–H and O–H groups in total. The highest BCUT2D eigenvalue weighted by atomic mass is 19.1. The molecule has 244 valence electrons. The van der Waals surface area contributed by atoms with Crippen molar-refractivity contribution in [2.75, 3.05) is 24.6 Å². The molecule has 45 heavy (non-hydrogen) atoms. The number of nitrogens with zero attached hydrogens (tertiary/aromatic N) is 2. The first kappa shape index (κ1) is 34.4. The van der Waals surface area contributed by atoms with Crippen molar-refractivity contribution in [3.63, 3.8) is 0 Å². The second-order valence-corrected chi connectivity index (χ2v) is 14.0. The van der Waals surface area contributed by atoms with Crippen LogP contribution in [0, 0.1) is 18.2 Å². The van der Waals surface area contributed by atoms with Gasteiger partial charge in [0.25, 0.3) is 0 Å². The number of hydrogen-bond donors (Lipinski definition) is 1. The zero-order chi connectivity index (χ0) is 32.9. The molecular formula is C37H49FN2O5. The van der Waals surface area contributed by atoms with E-state index in [0.29, 0.717) is 30.0 Å². The van der Waals surface area contributed by atoms with Crippen LogP contribution in [0.15, 0.2) is 48.5 Å². The summed E-state index contributed by atoms with van der Waals surface area (Å²) in [5.74, 6) is -0.591. The van der Waals surface area contributed by atoms with Gasteiger partial charge in [-0.1, -0.05) is 38.1 Å². The van der Waals surface area contributed by atoms with Crippen molar-refractivity contribution in [3.8, 4) is 16.9 Å². The third-order valence-electron chi connectivity index (χ3n) is 8.13. The molecule has 2 heterocycles. The number of pyridine rings is 1. The minimum absolute atomic E-state index is 0.00764. The molecule has 2 aromatic carbocycles. The van der Waals surface area contributed by atoms with Crippen molar-refractivity contribution >= 4 is 11.7 Å². The summed E-state index contributed by atoms with van der Waals surface area (Å²) in [7, 11) is 0. The van der Waals surface area contributed by atoms with Crippen LogP contribution in [-0.4, -0.2) is 47.5 Å². The smallest absolute Gasteiger partial charge is 0.337 e. The summed E-state index contributed by atoms with van der Waals surface area (Å²) < 4.78 is 31.6. The summed E-state index contributed by atoms with van der Waals surface area (Å²) in [4.78, 5) is 20.2. The number of hydrogen-bond acceptors (Lipinski definition) is 6. The van der Waals surface area contributed by atoms with Gasteiger partial charge < -0.3 is 24.2 Å². The average Bonchev–Trinajstić information content (AvgIpc) is 2.96.